The highest BCUT2D eigenvalue weighted by Gasteiger charge is 2.20. The lowest BCUT2D eigenvalue weighted by Crippen LogP contribution is -2.39. The summed E-state index contributed by atoms with van der Waals surface area (Å²) in [7, 11) is 0. The van der Waals surface area contributed by atoms with Gasteiger partial charge in [0.25, 0.3) is 11.1 Å². The summed E-state index contributed by atoms with van der Waals surface area (Å²) in [6, 6.07) is 21.7. The van der Waals surface area contributed by atoms with Crippen molar-refractivity contribution in [3.05, 3.63) is 106 Å². The smallest absolute Gasteiger partial charge is 0.266 e. The molecule has 44 heavy (non-hydrogen) atoms. The third-order valence-electron chi connectivity index (χ3n) is 6.90. The van der Waals surface area contributed by atoms with E-state index in [0.29, 0.717) is 39.4 Å². The Morgan fingerprint density at radius 1 is 0.614 bits per heavy atom. The van der Waals surface area contributed by atoms with Crippen LogP contribution in [0.2, 0.25) is 0 Å². The number of benzene rings is 2. The van der Waals surface area contributed by atoms with Gasteiger partial charge in [-0.25, -0.2) is 9.36 Å². The Bertz CT molecular complexity index is 1460. The molecule has 0 unspecified atom stereocenters. The zero-order valence-corrected chi connectivity index (χ0v) is 24.5. The molecule has 12 heteroatoms. The van der Waals surface area contributed by atoms with E-state index in [2.05, 4.69) is 20.8 Å². The van der Waals surface area contributed by atoms with Gasteiger partial charge in [0, 0.05) is 50.7 Å². The van der Waals surface area contributed by atoms with Gasteiger partial charge in [0.15, 0.2) is 23.0 Å². The molecule has 2 atom stereocenters. The summed E-state index contributed by atoms with van der Waals surface area (Å²) in [6.45, 7) is 5.33. The first kappa shape index (κ1) is 30.8. The Labute approximate surface area is 255 Å². The first-order valence-corrected chi connectivity index (χ1v) is 14.9. The monoisotopic (exact) mass is 602 g/mol. The molecule has 0 aliphatic carbocycles. The van der Waals surface area contributed by atoms with E-state index < -0.39 is 0 Å². The van der Waals surface area contributed by atoms with Crippen molar-refractivity contribution in [2.24, 2.45) is 0 Å². The number of aryl methyl sites for hydroxylation is 2. The van der Waals surface area contributed by atoms with E-state index in [1.807, 2.05) is 48.5 Å². The third-order valence-corrected chi connectivity index (χ3v) is 6.90. The molecule has 0 bridgehead atoms. The summed E-state index contributed by atoms with van der Waals surface area (Å²) >= 11 is 0. The molecule has 232 valence electrons. The van der Waals surface area contributed by atoms with E-state index in [1.54, 1.807) is 24.5 Å². The van der Waals surface area contributed by atoms with Gasteiger partial charge < -0.3 is 29.6 Å². The molecule has 2 aromatic heterocycles. The van der Waals surface area contributed by atoms with Crippen LogP contribution in [0.3, 0.4) is 0 Å². The standard InChI is InChI=1S/2C16H19N3O3/c2*20-16-7-3-9-18-19(16)10-4-8-17-11-13-12-21-14-5-1-2-6-15(14)22-13/h2*1-3,5-7,9,13,17H,4,8,10-12H2/t2*13-/m10/s1. The molecule has 6 rings (SSSR count). The Morgan fingerprint density at radius 2 is 1.05 bits per heavy atom. The van der Waals surface area contributed by atoms with Crippen LogP contribution < -0.4 is 40.7 Å². The molecular formula is C32H38N6O6. The minimum absolute atomic E-state index is 0.00692. The lowest BCUT2D eigenvalue weighted by molar-refractivity contribution is 0.0904. The Balaban J connectivity index is 0.000000175. The molecule has 0 radical (unpaired) electrons. The second-order valence-corrected chi connectivity index (χ2v) is 10.3. The van der Waals surface area contributed by atoms with Crippen molar-refractivity contribution in [2.45, 2.75) is 38.1 Å². The average Bonchev–Trinajstić information content (AvgIpc) is 3.06. The SMILES string of the molecule is O=c1cccnn1CCCNC[C@@H]1COc2ccccc2O1.O=c1cccnn1CCCNC[C@H]1COc2ccccc2O1. The van der Waals surface area contributed by atoms with Gasteiger partial charge in [-0.05, 0) is 62.3 Å². The summed E-state index contributed by atoms with van der Waals surface area (Å²) in [5.41, 5.74) is -0.133. The fourth-order valence-electron chi connectivity index (χ4n) is 4.67. The van der Waals surface area contributed by atoms with Crippen LogP contribution in [-0.2, 0) is 13.1 Å². The van der Waals surface area contributed by atoms with Gasteiger partial charge in [0.1, 0.15) is 25.4 Å². The maximum Gasteiger partial charge on any atom is 0.266 e. The van der Waals surface area contributed by atoms with Gasteiger partial charge in [0.2, 0.25) is 0 Å². The summed E-state index contributed by atoms with van der Waals surface area (Å²) < 4.78 is 26.0. The molecule has 4 heterocycles. The van der Waals surface area contributed by atoms with E-state index in [-0.39, 0.29) is 23.3 Å². The number of aromatic nitrogens is 4. The number of fused-ring (bicyclic) bond motifs is 2. The fraction of sp³-hybridized carbons (Fsp3) is 0.375. The van der Waals surface area contributed by atoms with Crippen molar-refractivity contribution in [2.75, 3.05) is 39.4 Å². The molecule has 0 saturated carbocycles. The minimum atomic E-state index is -0.0666. The van der Waals surface area contributed by atoms with Crippen molar-refractivity contribution < 1.29 is 18.9 Å². The van der Waals surface area contributed by atoms with Crippen LogP contribution in [-0.4, -0.2) is 71.2 Å². The third kappa shape index (κ3) is 9.16. The highest BCUT2D eigenvalue weighted by molar-refractivity contribution is 5.41. The van der Waals surface area contributed by atoms with Crippen LogP contribution in [0, 0.1) is 0 Å². The topological polar surface area (TPSA) is 131 Å². The first-order valence-electron chi connectivity index (χ1n) is 14.9. The van der Waals surface area contributed by atoms with Crippen molar-refractivity contribution >= 4 is 0 Å². The molecule has 0 saturated heterocycles. The molecule has 2 N–H and O–H groups in total. The number of para-hydroxylation sites is 4. The number of nitrogens with zero attached hydrogens (tertiary/aromatic N) is 4. The first-order chi connectivity index (χ1) is 21.7. The second-order valence-electron chi connectivity index (χ2n) is 10.3. The highest BCUT2D eigenvalue weighted by atomic mass is 16.6. The summed E-state index contributed by atoms with van der Waals surface area (Å²) in [5.74, 6) is 3.18. The predicted molar refractivity (Wildman–Crippen MR) is 165 cm³/mol. The number of rotatable bonds is 12. The van der Waals surface area contributed by atoms with E-state index in [9.17, 15) is 9.59 Å². The van der Waals surface area contributed by atoms with Gasteiger partial charge in [-0.3, -0.25) is 9.59 Å². The number of hydrogen-bond acceptors (Lipinski definition) is 10. The van der Waals surface area contributed by atoms with Crippen molar-refractivity contribution in [3.63, 3.8) is 0 Å². The van der Waals surface area contributed by atoms with E-state index in [0.717, 1.165) is 48.9 Å². The van der Waals surface area contributed by atoms with Crippen LogP contribution in [0.5, 0.6) is 23.0 Å². The summed E-state index contributed by atoms with van der Waals surface area (Å²) in [5, 5.41) is 14.7. The van der Waals surface area contributed by atoms with Gasteiger partial charge in [0.05, 0.1) is 0 Å². The predicted octanol–water partition coefficient (Wildman–Crippen LogP) is 2.13. The molecule has 2 aliphatic heterocycles. The minimum Gasteiger partial charge on any atom is -0.486 e. The Morgan fingerprint density at radius 3 is 1.48 bits per heavy atom. The lowest BCUT2D eigenvalue weighted by Gasteiger charge is -2.26. The van der Waals surface area contributed by atoms with Crippen LogP contribution in [0.25, 0.3) is 0 Å². The molecule has 2 aromatic carbocycles. The molecule has 12 nitrogen and oxygen atoms in total. The van der Waals surface area contributed by atoms with Crippen LogP contribution in [0.4, 0.5) is 0 Å². The molecule has 0 fully saturated rings. The van der Waals surface area contributed by atoms with E-state index >= 15 is 0 Å². The zero-order valence-electron chi connectivity index (χ0n) is 24.5. The lowest BCUT2D eigenvalue weighted by atomic mass is 10.2. The normalized spacial score (nSPS) is 16.5. The quantitative estimate of drug-likeness (QED) is 0.233. The summed E-state index contributed by atoms with van der Waals surface area (Å²) in [6.07, 6.45) is 4.93. The van der Waals surface area contributed by atoms with Gasteiger partial charge in [-0.15, -0.1) is 0 Å². The molecular weight excluding hydrogens is 564 g/mol. The molecule has 0 spiro atoms. The van der Waals surface area contributed by atoms with Crippen molar-refractivity contribution in [1.82, 2.24) is 30.2 Å². The summed E-state index contributed by atoms with van der Waals surface area (Å²) in [4.78, 5) is 23.0. The highest BCUT2D eigenvalue weighted by Crippen LogP contribution is 2.31. The van der Waals surface area contributed by atoms with Gasteiger partial charge in [-0.1, -0.05) is 24.3 Å². The van der Waals surface area contributed by atoms with Crippen LogP contribution in [0.15, 0.2) is 94.8 Å². The number of ether oxygens (including phenoxy) is 4. The van der Waals surface area contributed by atoms with Crippen molar-refractivity contribution in [3.8, 4) is 23.0 Å². The van der Waals surface area contributed by atoms with Gasteiger partial charge in [-0.2, -0.15) is 10.2 Å². The molecule has 2 aliphatic rings. The molecule has 4 aromatic rings. The van der Waals surface area contributed by atoms with Gasteiger partial charge >= 0.3 is 0 Å². The maximum atomic E-state index is 11.5. The zero-order chi connectivity index (χ0) is 30.4. The second kappa shape index (κ2) is 16.2. The van der Waals surface area contributed by atoms with E-state index in [1.165, 1.54) is 21.5 Å². The number of hydrogen-bond donors (Lipinski definition) is 2. The van der Waals surface area contributed by atoms with Crippen LogP contribution >= 0.6 is 0 Å². The fourth-order valence-corrected chi connectivity index (χ4v) is 4.67. The largest absolute Gasteiger partial charge is 0.486 e. The van der Waals surface area contributed by atoms with E-state index in [4.69, 9.17) is 18.9 Å². The average molecular weight is 603 g/mol. The number of nitrogens with one attached hydrogen (secondary N) is 2. The van der Waals surface area contributed by atoms with Crippen molar-refractivity contribution in [1.29, 1.82) is 0 Å². The Kier molecular flexibility index (Phi) is 11.4. The van der Waals surface area contributed by atoms with Crippen LogP contribution in [0.1, 0.15) is 12.8 Å². The molecule has 0 amide bonds. The Hall–Kier alpha value is -4.68. The maximum absolute atomic E-state index is 11.5.